The van der Waals surface area contributed by atoms with Crippen molar-refractivity contribution in [3.63, 3.8) is 0 Å². The van der Waals surface area contributed by atoms with Crippen molar-refractivity contribution >= 4 is 5.97 Å². The number of hydrogen-bond donors (Lipinski definition) is 2. The van der Waals surface area contributed by atoms with E-state index in [4.69, 9.17) is 9.84 Å². The Kier molecular flexibility index (Phi) is 10.2. The monoisotopic (exact) mass is 245 g/mol. The number of nitrogens with one attached hydrogen (secondary N) is 1. The quantitative estimate of drug-likeness (QED) is 0.548. The molecule has 2 N–H and O–H groups in total. The average Bonchev–Trinajstić information content (AvgIpc) is 2.26. The highest BCUT2D eigenvalue weighted by Gasteiger charge is 2.14. The maximum Gasteiger partial charge on any atom is 0.320 e. The SMILES string of the molecule is CCCCC(NCCOCCC(C)C)C(=O)O. The molecule has 0 fully saturated rings. The topological polar surface area (TPSA) is 58.6 Å². The summed E-state index contributed by atoms with van der Waals surface area (Å²) in [4.78, 5) is 10.9. The molecule has 17 heavy (non-hydrogen) atoms. The molecule has 0 aliphatic heterocycles. The minimum Gasteiger partial charge on any atom is -0.480 e. The largest absolute Gasteiger partial charge is 0.480 e. The Morgan fingerprint density at radius 3 is 2.53 bits per heavy atom. The number of carbonyl (C=O) groups is 1. The molecule has 0 aliphatic carbocycles. The minimum absolute atomic E-state index is 0.427. The van der Waals surface area contributed by atoms with Gasteiger partial charge >= 0.3 is 5.97 Å². The van der Waals surface area contributed by atoms with Crippen LogP contribution in [-0.4, -0.2) is 36.9 Å². The first-order valence-electron chi connectivity index (χ1n) is 6.61. The van der Waals surface area contributed by atoms with Gasteiger partial charge in [-0.3, -0.25) is 4.79 Å². The number of carboxylic acid groups (broad SMARTS) is 1. The average molecular weight is 245 g/mol. The van der Waals surface area contributed by atoms with Crippen molar-refractivity contribution in [2.24, 2.45) is 5.92 Å². The second-order valence-electron chi connectivity index (χ2n) is 4.78. The third kappa shape index (κ3) is 10.3. The maximum atomic E-state index is 10.9. The third-order valence-corrected chi connectivity index (χ3v) is 2.62. The van der Waals surface area contributed by atoms with Crippen molar-refractivity contribution in [3.05, 3.63) is 0 Å². The molecule has 0 heterocycles. The van der Waals surface area contributed by atoms with Crippen LogP contribution in [0.15, 0.2) is 0 Å². The van der Waals surface area contributed by atoms with Gasteiger partial charge < -0.3 is 15.2 Å². The molecule has 1 unspecified atom stereocenters. The van der Waals surface area contributed by atoms with Crippen LogP contribution >= 0.6 is 0 Å². The molecule has 1 atom stereocenters. The predicted octanol–water partition coefficient (Wildman–Crippen LogP) is 2.28. The normalized spacial score (nSPS) is 12.9. The molecule has 102 valence electrons. The molecule has 0 aromatic heterocycles. The van der Waals surface area contributed by atoms with Crippen LogP contribution in [0, 0.1) is 5.92 Å². The van der Waals surface area contributed by atoms with Crippen LogP contribution in [0.2, 0.25) is 0 Å². The van der Waals surface area contributed by atoms with Crippen LogP contribution in [0.1, 0.15) is 46.5 Å². The van der Waals surface area contributed by atoms with E-state index in [0.29, 0.717) is 25.5 Å². The number of aliphatic carboxylic acids is 1. The summed E-state index contributed by atoms with van der Waals surface area (Å²) in [7, 11) is 0. The fourth-order valence-corrected chi connectivity index (χ4v) is 1.45. The number of hydrogen-bond acceptors (Lipinski definition) is 3. The molecule has 0 bridgehead atoms. The Labute approximate surface area is 105 Å². The fourth-order valence-electron chi connectivity index (χ4n) is 1.45. The van der Waals surface area contributed by atoms with Crippen LogP contribution in [0.25, 0.3) is 0 Å². The van der Waals surface area contributed by atoms with Crippen molar-refractivity contribution in [3.8, 4) is 0 Å². The van der Waals surface area contributed by atoms with E-state index < -0.39 is 12.0 Å². The summed E-state index contributed by atoms with van der Waals surface area (Å²) in [5.41, 5.74) is 0. The molecule has 0 rings (SSSR count). The van der Waals surface area contributed by atoms with E-state index in [1.165, 1.54) is 0 Å². The maximum absolute atomic E-state index is 10.9. The van der Waals surface area contributed by atoms with Gasteiger partial charge in [-0.25, -0.2) is 0 Å². The molecule has 0 aromatic carbocycles. The van der Waals surface area contributed by atoms with Crippen LogP contribution in [-0.2, 0) is 9.53 Å². The molecule has 0 saturated heterocycles. The number of carboxylic acids is 1. The molecule has 0 spiro atoms. The first-order chi connectivity index (χ1) is 8.07. The van der Waals surface area contributed by atoms with Crippen molar-refractivity contribution < 1.29 is 14.6 Å². The second kappa shape index (κ2) is 10.5. The van der Waals surface area contributed by atoms with Crippen molar-refractivity contribution in [2.75, 3.05) is 19.8 Å². The molecule has 0 radical (unpaired) electrons. The lowest BCUT2D eigenvalue weighted by molar-refractivity contribution is -0.139. The summed E-state index contributed by atoms with van der Waals surface area (Å²) in [5, 5.41) is 12.0. The van der Waals surface area contributed by atoms with Gasteiger partial charge in [0.25, 0.3) is 0 Å². The van der Waals surface area contributed by atoms with E-state index in [1.54, 1.807) is 0 Å². The summed E-state index contributed by atoms with van der Waals surface area (Å²) in [6.45, 7) is 8.33. The number of ether oxygens (including phenoxy) is 1. The van der Waals surface area contributed by atoms with Crippen molar-refractivity contribution in [1.82, 2.24) is 5.32 Å². The summed E-state index contributed by atoms with van der Waals surface area (Å²) < 4.78 is 5.42. The number of unbranched alkanes of at least 4 members (excludes halogenated alkanes) is 1. The van der Waals surface area contributed by atoms with Gasteiger partial charge in [0.1, 0.15) is 6.04 Å². The van der Waals surface area contributed by atoms with Crippen molar-refractivity contribution in [2.45, 2.75) is 52.5 Å². The Morgan fingerprint density at radius 1 is 1.29 bits per heavy atom. The lowest BCUT2D eigenvalue weighted by Gasteiger charge is -2.14. The molecule has 0 aromatic rings. The van der Waals surface area contributed by atoms with Gasteiger partial charge in [0.2, 0.25) is 0 Å². The highest BCUT2D eigenvalue weighted by molar-refractivity contribution is 5.73. The van der Waals surface area contributed by atoms with E-state index >= 15 is 0 Å². The zero-order valence-corrected chi connectivity index (χ0v) is 11.4. The summed E-state index contributed by atoms with van der Waals surface area (Å²) in [5.74, 6) is -0.111. The van der Waals surface area contributed by atoms with Gasteiger partial charge in [-0.15, -0.1) is 0 Å². The van der Waals surface area contributed by atoms with E-state index in [2.05, 4.69) is 26.1 Å². The van der Waals surface area contributed by atoms with Crippen LogP contribution in [0.5, 0.6) is 0 Å². The Morgan fingerprint density at radius 2 is 2.00 bits per heavy atom. The summed E-state index contributed by atoms with van der Waals surface area (Å²) >= 11 is 0. The van der Waals surface area contributed by atoms with E-state index in [1.807, 2.05) is 0 Å². The highest BCUT2D eigenvalue weighted by Crippen LogP contribution is 2.01. The molecular weight excluding hydrogens is 218 g/mol. The van der Waals surface area contributed by atoms with Crippen LogP contribution < -0.4 is 5.32 Å². The lowest BCUT2D eigenvalue weighted by atomic mass is 10.1. The zero-order chi connectivity index (χ0) is 13.1. The first kappa shape index (κ1) is 16.4. The van der Waals surface area contributed by atoms with E-state index in [9.17, 15) is 4.79 Å². The first-order valence-corrected chi connectivity index (χ1v) is 6.61. The Balaban J connectivity index is 3.51. The van der Waals surface area contributed by atoms with Gasteiger partial charge in [-0.05, 0) is 18.8 Å². The molecule has 0 aliphatic rings. The lowest BCUT2D eigenvalue weighted by Crippen LogP contribution is -2.38. The Hall–Kier alpha value is -0.610. The van der Waals surface area contributed by atoms with E-state index in [0.717, 1.165) is 25.9 Å². The smallest absolute Gasteiger partial charge is 0.320 e. The van der Waals surface area contributed by atoms with Crippen LogP contribution in [0.3, 0.4) is 0 Å². The molecule has 4 nitrogen and oxygen atoms in total. The van der Waals surface area contributed by atoms with Gasteiger partial charge in [0.15, 0.2) is 0 Å². The third-order valence-electron chi connectivity index (χ3n) is 2.62. The second-order valence-corrected chi connectivity index (χ2v) is 4.78. The molecule has 4 heteroatoms. The molecule has 0 saturated carbocycles. The van der Waals surface area contributed by atoms with Gasteiger partial charge in [0.05, 0.1) is 6.61 Å². The standard InChI is InChI=1S/C13H27NO3/c1-4-5-6-12(13(15)16)14-8-10-17-9-7-11(2)3/h11-12,14H,4-10H2,1-3H3,(H,15,16). The highest BCUT2D eigenvalue weighted by atomic mass is 16.5. The zero-order valence-electron chi connectivity index (χ0n) is 11.4. The van der Waals surface area contributed by atoms with Crippen LogP contribution in [0.4, 0.5) is 0 Å². The minimum atomic E-state index is -0.763. The summed E-state index contributed by atoms with van der Waals surface area (Å²) in [6, 6.07) is -0.427. The summed E-state index contributed by atoms with van der Waals surface area (Å²) in [6.07, 6.45) is 3.71. The fraction of sp³-hybridized carbons (Fsp3) is 0.923. The van der Waals surface area contributed by atoms with Gasteiger partial charge in [0, 0.05) is 13.2 Å². The molecule has 0 amide bonds. The van der Waals surface area contributed by atoms with E-state index in [-0.39, 0.29) is 0 Å². The van der Waals surface area contributed by atoms with Gasteiger partial charge in [-0.1, -0.05) is 33.6 Å². The van der Waals surface area contributed by atoms with Gasteiger partial charge in [-0.2, -0.15) is 0 Å². The van der Waals surface area contributed by atoms with Crippen molar-refractivity contribution in [1.29, 1.82) is 0 Å². The predicted molar refractivity (Wildman–Crippen MR) is 69.2 cm³/mol. The number of rotatable bonds is 11. The Bertz CT molecular complexity index is 195. The molecular formula is C13H27NO3.